The van der Waals surface area contributed by atoms with Crippen LogP contribution in [0.2, 0.25) is 0 Å². The molecular weight excluding hydrogens is 321 g/mol. The highest BCUT2D eigenvalue weighted by molar-refractivity contribution is 5.79. The highest BCUT2D eigenvalue weighted by Crippen LogP contribution is 2.32. The standard InChI is InChI=1S/C19H22FN3O2/c1-2-21-19(23-12-15-4-3-5-16(20)10-15)22-9-8-14-6-7-17-18(11-14)25-13-24-17/h3-7,10-11H,2,8-9,12-13H2,1H3,(H2,21,22,23). The molecule has 0 aliphatic carbocycles. The van der Waals surface area contributed by atoms with E-state index in [2.05, 4.69) is 15.6 Å². The number of guanidine groups is 1. The molecule has 2 aromatic rings. The Bertz CT molecular complexity index is 749. The van der Waals surface area contributed by atoms with Crippen molar-refractivity contribution in [2.24, 2.45) is 4.99 Å². The normalized spacial score (nSPS) is 13.0. The molecule has 0 amide bonds. The minimum absolute atomic E-state index is 0.242. The van der Waals surface area contributed by atoms with Gasteiger partial charge in [-0.1, -0.05) is 18.2 Å². The van der Waals surface area contributed by atoms with Crippen LogP contribution in [-0.2, 0) is 13.0 Å². The first-order chi connectivity index (χ1) is 12.2. The number of benzene rings is 2. The summed E-state index contributed by atoms with van der Waals surface area (Å²) in [6.45, 7) is 4.22. The Kier molecular flexibility index (Phi) is 5.72. The molecule has 0 bridgehead atoms. The molecular formula is C19H22FN3O2. The van der Waals surface area contributed by atoms with Crippen molar-refractivity contribution >= 4 is 5.96 Å². The predicted molar refractivity (Wildman–Crippen MR) is 95.5 cm³/mol. The van der Waals surface area contributed by atoms with E-state index >= 15 is 0 Å². The SMILES string of the molecule is CCNC(=NCc1cccc(F)c1)NCCc1ccc2c(c1)OCO2. The Morgan fingerprint density at radius 2 is 1.96 bits per heavy atom. The van der Waals surface area contributed by atoms with Gasteiger partial charge in [-0.2, -0.15) is 0 Å². The molecule has 25 heavy (non-hydrogen) atoms. The van der Waals surface area contributed by atoms with Crippen molar-refractivity contribution in [1.29, 1.82) is 0 Å². The van der Waals surface area contributed by atoms with Crippen molar-refractivity contribution in [2.75, 3.05) is 19.9 Å². The van der Waals surface area contributed by atoms with Crippen molar-refractivity contribution in [3.05, 3.63) is 59.4 Å². The van der Waals surface area contributed by atoms with E-state index in [1.165, 1.54) is 12.1 Å². The molecule has 1 aliphatic heterocycles. The van der Waals surface area contributed by atoms with Gasteiger partial charge in [-0.3, -0.25) is 0 Å². The summed E-state index contributed by atoms with van der Waals surface area (Å²) in [7, 11) is 0. The molecule has 132 valence electrons. The van der Waals surface area contributed by atoms with Gasteiger partial charge in [-0.25, -0.2) is 9.38 Å². The van der Waals surface area contributed by atoms with Gasteiger partial charge in [0.05, 0.1) is 6.54 Å². The summed E-state index contributed by atoms with van der Waals surface area (Å²) >= 11 is 0. The fourth-order valence-corrected chi connectivity index (χ4v) is 2.57. The van der Waals surface area contributed by atoms with E-state index in [0.717, 1.165) is 42.1 Å². The number of nitrogens with zero attached hydrogens (tertiary/aromatic N) is 1. The van der Waals surface area contributed by atoms with Gasteiger partial charge in [0, 0.05) is 13.1 Å². The summed E-state index contributed by atoms with van der Waals surface area (Å²) in [5.41, 5.74) is 2.01. The van der Waals surface area contributed by atoms with Crippen LogP contribution in [0.1, 0.15) is 18.1 Å². The fraction of sp³-hybridized carbons (Fsp3) is 0.316. The number of hydrogen-bond donors (Lipinski definition) is 2. The largest absolute Gasteiger partial charge is 0.454 e. The van der Waals surface area contributed by atoms with E-state index < -0.39 is 0 Å². The van der Waals surface area contributed by atoms with Crippen LogP contribution < -0.4 is 20.1 Å². The van der Waals surface area contributed by atoms with E-state index in [9.17, 15) is 4.39 Å². The Balaban J connectivity index is 1.53. The zero-order valence-corrected chi connectivity index (χ0v) is 14.2. The van der Waals surface area contributed by atoms with Crippen molar-refractivity contribution in [2.45, 2.75) is 19.9 Å². The minimum Gasteiger partial charge on any atom is -0.454 e. The maximum Gasteiger partial charge on any atom is 0.231 e. The Hall–Kier alpha value is -2.76. The lowest BCUT2D eigenvalue weighted by atomic mass is 10.1. The number of hydrogen-bond acceptors (Lipinski definition) is 3. The van der Waals surface area contributed by atoms with Crippen molar-refractivity contribution in [1.82, 2.24) is 10.6 Å². The summed E-state index contributed by atoms with van der Waals surface area (Å²) in [4.78, 5) is 4.50. The number of ether oxygens (including phenoxy) is 2. The second kappa shape index (κ2) is 8.37. The highest BCUT2D eigenvalue weighted by Gasteiger charge is 2.12. The molecule has 6 heteroatoms. The third-order valence-electron chi connectivity index (χ3n) is 3.80. The molecule has 2 aromatic carbocycles. The summed E-state index contributed by atoms with van der Waals surface area (Å²) in [6.07, 6.45) is 0.834. The van der Waals surface area contributed by atoms with Gasteiger partial charge < -0.3 is 20.1 Å². The Labute approximate surface area is 146 Å². The summed E-state index contributed by atoms with van der Waals surface area (Å²) in [6, 6.07) is 12.5. The van der Waals surface area contributed by atoms with Crippen molar-refractivity contribution in [3.63, 3.8) is 0 Å². The second-order valence-corrected chi connectivity index (χ2v) is 5.69. The summed E-state index contributed by atoms with van der Waals surface area (Å²) < 4.78 is 23.9. The second-order valence-electron chi connectivity index (χ2n) is 5.69. The minimum atomic E-state index is -0.242. The maximum absolute atomic E-state index is 13.2. The highest BCUT2D eigenvalue weighted by atomic mass is 19.1. The van der Waals surface area contributed by atoms with Gasteiger partial charge in [0.25, 0.3) is 0 Å². The molecule has 1 heterocycles. The average Bonchev–Trinajstić information content (AvgIpc) is 3.07. The number of aliphatic imine (C=N–C) groups is 1. The third-order valence-corrected chi connectivity index (χ3v) is 3.80. The van der Waals surface area contributed by atoms with E-state index in [0.29, 0.717) is 12.5 Å². The number of fused-ring (bicyclic) bond motifs is 1. The van der Waals surface area contributed by atoms with Crippen LogP contribution in [0.25, 0.3) is 0 Å². The van der Waals surface area contributed by atoms with Crippen LogP contribution in [0.5, 0.6) is 11.5 Å². The Morgan fingerprint density at radius 1 is 1.08 bits per heavy atom. The zero-order valence-electron chi connectivity index (χ0n) is 14.2. The monoisotopic (exact) mass is 343 g/mol. The molecule has 5 nitrogen and oxygen atoms in total. The van der Waals surface area contributed by atoms with E-state index in [-0.39, 0.29) is 12.6 Å². The predicted octanol–water partition coefficient (Wildman–Crippen LogP) is 2.85. The summed E-state index contributed by atoms with van der Waals surface area (Å²) in [5.74, 6) is 2.06. The lowest BCUT2D eigenvalue weighted by molar-refractivity contribution is 0.174. The molecule has 0 aromatic heterocycles. The van der Waals surface area contributed by atoms with Crippen LogP contribution in [-0.4, -0.2) is 25.8 Å². The first-order valence-electron chi connectivity index (χ1n) is 8.40. The number of nitrogens with one attached hydrogen (secondary N) is 2. The lowest BCUT2D eigenvalue weighted by Crippen LogP contribution is -2.38. The van der Waals surface area contributed by atoms with E-state index in [4.69, 9.17) is 9.47 Å². The van der Waals surface area contributed by atoms with Crippen molar-refractivity contribution < 1.29 is 13.9 Å². The summed E-state index contributed by atoms with van der Waals surface area (Å²) in [5, 5.41) is 6.49. The first-order valence-corrected chi connectivity index (χ1v) is 8.40. The number of rotatable bonds is 6. The van der Waals surface area contributed by atoms with E-state index in [1.807, 2.05) is 31.2 Å². The van der Waals surface area contributed by atoms with Gasteiger partial charge in [0.2, 0.25) is 6.79 Å². The molecule has 3 rings (SSSR count). The van der Waals surface area contributed by atoms with Gasteiger partial charge >= 0.3 is 0 Å². The van der Waals surface area contributed by atoms with Gasteiger partial charge in [-0.15, -0.1) is 0 Å². The van der Waals surface area contributed by atoms with Crippen LogP contribution in [0, 0.1) is 5.82 Å². The molecule has 1 aliphatic rings. The van der Waals surface area contributed by atoms with Crippen LogP contribution in [0.3, 0.4) is 0 Å². The Morgan fingerprint density at radius 3 is 2.80 bits per heavy atom. The molecule has 0 atom stereocenters. The van der Waals surface area contributed by atoms with Gasteiger partial charge in [-0.05, 0) is 48.7 Å². The quantitative estimate of drug-likeness (QED) is 0.626. The number of halogens is 1. The first kappa shape index (κ1) is 17.1. The van der Waals surface area contributed by atoms with E-state index in [1.54, 1.807) is 6.07 Å². The van der Waals surface area contributed by atoms with Crippen molar-refractivity contribution in [3.8, 4) is 11.5 Å². The third kappa shape index (κ3) is 4.86. The van der Waals surface area contributed by atoms with Crippen LogP contribution in [0.15, 0.2) is 47.5 Å². The molecule has 0 saturated heterocycles. The molecule has 0 unspecified atom stereocenters. The fourth-order valence-electron chi connectivity index (χ4n) is 2.57. The maximum atomic E-state index is 13.2. The molecule has 0 spiro atoms. The molecule has 0 saturated carbocycles. The lowest BCUT2D eigenvalue weighted by Gasteiger charge is -2.11. The van der Waals surface area contributed by atoms with Gasteiger partial charge in [0.1, 0.15) is 5.82 Å². The smallest absolute Gasteiger partial charge is 0.231 e. The topological polar surface area (TPSA) is 54.9 Å². The molecule has 0 fully saturated rings. The molecule has 0 radical (unpaired) electrons. The average molecular weight is 343 g/mol. The zero-order chi connectivity index (χ0) is 17.5. The van der Waals surface area contributed by atoms with Gasteiger partial charge in [0.15, 0.2) is 17.5 Å². The van der Waals surface area contributed by atoms with Crippen LogP contribution in [0.4, 0.5) is 4.39 Å². The molecule has 2 N–H and O–H groups in total. The van der Waals surface area contributed by atoms with Crippen LogP contribution >= 0.6 is 0 Å².